The van der Waals surface area contributed by atoms with E-state index in [1.807, 2.05) is 0 Å². The predicted octanol–water partition coefficient (Wildman–Crippen LogP) is 0.00970. The predicted molar refractivity (Wildman–Crippen MR) is 44.4 cm³/mol. The molecule has 2 heterocycles. The molecule has 6 nitrogen and oxygen atoms in total. The first kappa shape index (κ1) is 7.53. The van der Waals surface area contributed by atoms with Gasteiger partial charge in [0.2, 0.25) is 0 Å². The molecule has 0 aliphatic heterocycles. The lowest BCUT2D eigenvalue weighted by atomic mass is 10.4. The van der Waals surface area contributed by atoms with Crippen molar-refractivity contribution in [1.82, 2.24) is 14.6 Å². The molecule has 13 heavy (non-hydrogen) atoms. The molecule has 2 rings (SSSR count). The number of nitrogens with zero attached hydrogens (tertiary/aromatic N) is 3. The smallest absolute Gasteiger partial charge is 0.354 e. The molecule has 0 saturated carbocycles. The number of aromatic nitrogens is 3. The molecule has 3 N–H and O–H groups in total. The quantitative estimate of drug-likeness (QED) is 0.641. The Hall–Kier alpha value is -2.11. The lowest BCUT2D eigenvalue weighted by Crippen LogP contribution is -2.06. The SMILES string of the molecule is Nc1cc(C(=O)O)nc2ccnn12. The van der Waals surface area contributed by atoms with Gasteiger partial charge in [0.25, 0.3) is 0 Å². The molecule has 0 atom stereocenters. The zero-order valence-electron chi connectivity index (χ0n) is 6.51. The third-order valence-corrected chi connectivity index (χ3v) is 1.61. The highest BCUT2D eigenvalue weighted by molar-refractivity contribution is 5.86. The summed E-state index contributed by atoms with van der Waals surface area (Å²) in [6.45, 7) is 0. The summed E-state index contributed by atoms with van der Waals surface area (Å²) in [6, 6.07) is 2.85. The molecule has 0 aliphatic carbocycles. The summed E-state index contributed by atoms with van der Waals surface area (Å²) in [6.07, 6.45) is 1.50. The zero-order chi connectivity index (χ0) is 9.42. The zero-order valence-corrected chi connectivity index (χ0v) is 6.51. The fraction of sp³-hybridized carbons (Fsp3) is 0. The second kappa shape index (κ2) is 2.44. The molecule has 0 bridgehead atoms. The Morgan fingerprint density at radius 2 is 2.38 bits per heavy atom. The van der Waals surface area contributed by atoms with E-state index in [0.717, 1.165) is 0 Å². The largest absolute Gasteiger partial charge is 0.477 e. The highest BCUT2D eigenvalue weighted by Crippen LogP contribution is 2.08. The Bertz CT molecular complexity index is 476. The van der Waals surface area contributed by atoms with Crippen LogP contribution in [-0.2, 0) is 0 Å². The number of nitrogen functional groups attached to an aromatic ring is 1. The van der Waals surface area contributed by atoms with E-state index < -0.39 is 5.97 Å². The first-order valence-corrected chi connectivity index (χ1v) is 3.52. The van der Waals surface area contributed by atoms with Crippen LogP contribution < -0.4 is 5.73 Å². The van der Waals surface area contributed by atoms with Crippen molar-refractivity contribution >= 4 is 17.4 Å². The molecule has 0 aliphatic rings. The van der Waals surface area contributed by atoms with Crippen LogP contribution in [0.25, 0.3) is 5.65 Å². The van der Waals surface area contributed by atoms with Gasteiger partial charge in [0.15, 0.2) is 11.3 Å². The fourth-order valence-corrected chi connectivity index (χ4v) is 1.05. The summed E-state index contributed by atoms with van der Waals surface area (Å²) in [4.78, 5) is 14.4. The van der Waals surface area contributed by atoms with Crippen molar-refractivity contribution in [3.8, 4) is 0 Å². The van der Waals surface area contributed by atoms with Crippen LogP contribution in [0.2, 0.25) is 0 Å². The Balaban J connectivity index is 2.77. The van der Waals surface area contributed by atoms with Gasteiger partial charge in [-0.05, 0) is 0 Å². The molecule has 0 saturated heterocycles. The molecule has 2 aromatic rings. The molecule has 0 aromatic carbocycles. The number of carboxylic acids is 1. The normalized spacial score (nSPS) is 10.5. The van der Waals surface area contributed by atoms with Gasteiger partial charge in [-0.2, -0.15) is 9.61 Å². The van der Waals surface area contributed by atoms with Gasteiger partial charge in [-0.15, -0.1) is 0 Å². The number of carboxylic acid groups (broad SMARTS) is 1. The van der Waals surface area contributed by atoms with Crippen LogP contribution in [0, 0.1) is 0 Å². The van der Waals surface area contributed by atoms with Gasteiger partial charge >= 0.3 is 5.97 Å². The van der Waals surface area contributed by atoms with E-state index in [4.69, 9.17) is 10.8 Å². The minimum Gasteiger partial charge on any atom is -0.477 e. The van der Waals surface area contributed by atoms with Crippen molar-refractivity contribution in [1.29, 1.82) is 0 Å². The van der Waals surface area contributed by atoms with Crippen LogP contribution >= 0.6 is 0 Å². The molecule has 0 spiro atoms. The summed E-state index contributed by atoms with van der Waals surface area (Å²) in [5.74, 6) is -0.845. The van der Waals surface area contributed by atoms with E-state index in [1.54, 1.807) is 6.07 Å². The highest BCUT2D eigenvalue weighted by atomic mass is 16.4. The molecule has 2 aromatic heterocycles. The summed E-state index contributed by atoms with van der Waals surface area (Å²) >= 11 is 0. The van der Waals surface area contributed by atoms with Crippen LogP contribution in [0.3, 0.4) is 0 Å². The van der Waals surface area contributed by atoms with E-state index in [-0.39, 0.29) is 11.5 Å². The van der Waals surface area contributed by atoms with Crippen LogP contribution in [-0.4, -0.2) is 25.7 Å². The third kappa shape index (κ3) is 1.08. The molecule has 0 amide bonds. The van der Waals surface area contributed by atoms with Gasteiger partial charge in [0, 0.05) is 12.1 Å². The van der Waals surface area contributed by atoms with Gasteiger partial charge in [0.05, 0.1) is 6.20 Å². The third-order valence-electron chi connectivity index (χ3n) is 1.61. The number of anilines is 1. The van der Waals surface area contributed by atoms with E-state index in [9.17, 15) is 4.79 Å². The summed E-state index contributed by atoms with van der Waals surface area (Å²) in [5.41, 5.74) is 5.89. The molecular weight excluding hydrogens is 172 g/mol. The highest BCUT2D eigenvalue weighted by Gasteiger charge is 2.08. The Morgan fingerprint density at radius 1 is 1.62 bits per heavy atom. The minimum atomic E-state index is -1.10. The van der Waals surface area contributed by atoms with Crippen LogP contribution in [0.15, 0.2) is 18.3 Å². The maximum Gasteiger partial charge on any atom is 0.354 e. The van der Waals surface area contributed by atoms with E-state index in [0.29, 0.717) is 5.65 Å². The van der Waals surface area contributed by atoms with E-state index >= 15 is 0 Å². The van der Waals surface area contributed by atoms with Crippen LogP contribution in [0.5, 0.6) is 0 Å². The van der Waals surface area contributed by atoms with Crippen molar-refractivity contribution in [2.75, 3.05) is 5.73 Å². The van der Waals surface area contributed by atoms with Crippen molar-refractivity contribution in [2.24, 2.45) is 0 Å². The lowest BCUT2D eigenvalue weighted by molar-refractivity contribution is 0.0690. The molecule has 66 valence electrons. The molecule has 0 radical (unpaired) electrons. The number of fused-ring (bicyclic) bond motifs is 1. The van der Waals surface area contributed by atoms with Crippen molar-refractivity contribution in [3.63, 3.8) is 0 Å². The van der Waals surface area contributed by atoms with Gasteiger partial charge < -0.3 is 10.8 Å². The van der Waals surface area contributed by atoms with Crippen molar-refractivity contribution in [3.05, 3.63) is 24.0 Å². The Morgan fingerprint density at radius 3 is 3.08 bits per heavy atom. The van der Waals surface area contributed by atoms with Gasteiger partial charge in [-0.25, -0.2) is 9.78 Å². The van der Waals surface area contributed by atoms with Crippen molar-refractivity contribution < 1.29 is 9.90 Å². The maximum atomic E-state index is 10.6. The summed E-state index contributed by atoms with van der Waals surface area (Å²) in [5, 5.41) is 12.5. The molecule has 0 fully saturated rings. The molecule has 6 heteroatoms. The van der Waals surface area contributed by atoms with Gasteiger partial charge in [0.1, 0.15) is 5.82 Å². The fourth-order valence-electron chi connectivity index (χ4n) is 1.05. The number of nitrogens with two attached hydrogens (primary N) is 1. The number of carbonyl (C=O) groups is 1. The maximum absolute atomic E-state index is 10.6. The topological polar surface area (TPSA) is 93.5 Å². The second-order valence-corrected chi connectivity index (χ2v) is 2.47. The van der Waals surface area contributed by atoms with Gasteiger partial charge in [-0.3, -0.25) is 0 Å². The standard InChI is InChI=1S/C7H6N4O2/c8-5-3-4(7(12)13)10-6-1-2-9-11(5)6/h1-3H,8H2,(H,12,13). The summed E-state index contributed by atoms with van der Waals surface area (Å²) in [7, 11) is 0. The van der Waals surface area contributed by atoms with Crippen LogP contribution in [0.1, 0.15) is 10.5 Å². The molecule has 0 unspecified atom stereocenters. The Labute approximate surface area is 72.6 Å². The van der Waals surface area contributed by atoms with Gasteiger partial charge in [-0.1, -0.05) is 0 Å². The van der Waals surface area contributed by atoms with E-state index in [1.165, 1.54) is 16.8 Å². The average molecular weight is 178 g/mol. The lowest BCUT2D eigenvalue weighted by Gasteiger charge is -1.99. The first-order valence-electron chi connectivity index (χ1n) is 3.52. The number of aromatic carboxylic acids is 1. The number of hydrogen-bond acceptors (Lipinski definition) is 4. The Kier molecular flexibility index (Phi) is 1.42. The van der Waals surface area contributed by atoms with E-state index in [2.05, 4.69) is 10.1 Å². The van der Waals surface area contributed by atoms with Crippen molar-refractivity contribution in [2.45, 2.75) is 0 Å². The second-order valence-electron chi connectivity index (χ2n) is 2.47. The molecular formula is C7H6N4O2. The monoisotopic (exact) mass is 178 g/mol. The average Bonchev–Trinajstić information content (AvgIpc) is 2.51. The number of rotatable bonds is 1. The first-order chi connectivity index (χ1) is 6.18. The summed E-state index contributed by atoms with van der Waals surface area (Å²) < 4.78 is 1.37. The number of hydrogen-bond donors (Lipinski definition) is 2. The minimum absolute atomic E-state index is 0.0782. The van der Waals surface area contributed by atoms with Crippen LogP contribution in [0.4, 0.5) is 5.82 Å².